The van der Waals surface area contributed by atoms with Crippen molar-refractivity contribution in [3.8, 4) is 0 Å². The normalized spacial score (nSPS) is 10.8. The molecule has 2 aromatic heterocycles. The molecule has 0 fully saturated rings. The lowest BCUT2D eigenvalue weighted by Crippen LogP contribution is -2.14. The van der Waals surface area contributed by atoms with Crippen molar-refractivity contribution in [1.82, 2.24) is 9.38 Å². The molecule has 2 aromatic carbocycles. The first-order chi connectivity index (χ1) is 12.7. The third-order valence-electron chi connectivity index (χ3n) is 4.15. The van der Waals surface area contributed by atoms with Gasteiger partial charge in [-0.3, -0.25) is 9.20 Å². The second-order valence-corrected chi connectivity index (χ2v) is 6.88. The maximum absolute atomic E-state index is 12.7. The van der Waals surface area contributed by atoms with Crippen LogP contribution in [0.5, 0.6) is 0 Å². The molecular formula is C21H16BrN3O. The molecule has 0 spiro atoms. The molecule has 0 unspecified atom stereocenters. The van der Waals surface area contributed by atoms with E-state index < -0.39 is 0 Å². The van der Waals surface area contributed by atoms with E-state index in [-0.39, 0.29) is 5.91 Å². The highest BCUT2D eigenvalue weighted by atomic mass is 79.9. The molecule has 4 aromatic rings. The van der Waals surface area contributed by atoms with Crippen molar-refractivity contribution in [2.24, 2.45) is 0 Å². The van der Waals surface area contributed by atoms with Gasteiger partial charge in [0.05, 0.1) is 5.69 Å². The number of amides is 1. The van der Waals surface area contributed by atoms with Gasteiger partial charge in [0.1, 0.15) is 11.5 Å². The minimum absolute atomic E-state index is 0.155. The van der Waals surface area contributed by atoms with Crippen molar-refractivity contribution >= 4 is 33.3 Å². The number of pyridine rings is 1. The topological polar surface area (TPSA) is 46.4 Å². The fourth-order valence-corrected chi connectivity index (χ4v) is 3.13. The van der Waals surface area contributed by atoms with E-state index in [9.17, 15) is 4.79 Å². The largest absolute Gasteiger partial charge is 0.306 e. The van der Waals surface area contributed by atoms with Crippen molar-refractivity contribution in [2.75, 3.05) is 5.32 Å². The van der Waals surface area contributed by atoms with E-state index in [1.165, 1.54) is 0 Å². The first kappa shape index (κ1) is 16.5. The average molecular weight is 406 g/mol. The van der Waals surface area contributed by atoms with E-state index in [2.05, 4.69) is 33.4 Å². The Labute approximate surface area is 159 Å². The molecule has 128 valence electrons. The van der Waals surface area contributed by atoms with E-state index in [1.807, 2.05) is 59.1 Å². The standard InChI is InChI=1S/C21H16BrN3O/c22-17-11-9-16(10-12-17)21(26)24-20-18(14-15-6-2-1-3-7-15)23-19-8-4-5-13-25(19)20/h1-13H,14H2,(H,24,26). The van der Waals surface area contributed by atoms with Gasteiger partial charge in [0.2, 0.25) is 0 Å². The molecule has 1 N–H and O–H groups in total. The van der Waals surface area contributed by atoms with Crippen molar-refractivity contribution in [2.45, 2.75) is 6.42 Å². The van der Waals surface area contributed by atoms with E-state index >= 15 is 0 Å². The lowest BCUT2D eigenvalue weighted by Gasteiger charge is -2.08. The van der Waals surface area contributed by atoms with Gasteiger partial charge in [-0.2, -0.15) is 0 Å². The smallest absolute Gasteiger partial charge is 0.256 e. The van der Waals surface area contributed by atoms with Gasteiger partial charge < -0.3 is 5.32 Å². The molecule has 4 rings (SSSR count). The fraction of sp³-hybridized carbons (Fsp3) is 0.0476. The number of hydrogen-bond acceptors (Lipinski definition) is 2. The predicted octanol–water partition coefficient (Wildman–Crippen LogP) is 4.94. The zero-order valence-electron chi connectivity index (χ0n) is 13.9. The highest BCUT2D eigenvalue weighted by molar-refractivity contribution is 9.10. The highest BCUT2D eigenvalue weighted by Gasteiger charge is 2.16. The quantitative estimate of drug-likeness (QED) is 0.522. The molecule has 0 aliphatic carbocycles. The molecule has 0 aliphatic rings. The Morgan fingerprint density at radius 1 is 0.962 bits per heavy atom. The summed E-state index contributed by atoms with van der Waals surface area (Å²) in [7, 11) is 0. The molecule has 0 radical (unpaired) electrons. The second kappa shape index (κ2) is 7.14. The summed E-state index contributed by atoms with van der Waals surface area (Å²) in [5.74, 6) is 0.551. The van der Waals surface area contributed by atoms with E-state index in [0.29, 0.717) is 17.8 Å². The summed E-state index contributed by atoms with van der Waals surface area (Å²) in [6.45, 7) is 0. The number of aromatic nitrogens is 2. The number of halogens is 1. The van der Waals surface area contributed by atoms with Crippen LogP contribution in [0.2, 0.25) is 0 Å². The second-order valence-electron chi connectivity index (χ2n) is 5.96. The lowest BCUT2D eigenvalue weighted by atomic mass is 10.1. The number of carbonyl (C=O) groups excluding carboxylic acids is 1. The van der Waals surface area contributed by atoms with Gasteiger partial charge in [0, 0.05) is 22.7 Å². The number of imidazole rings is 1. The molecular weight excluding hydrogens is 390 g/mol. The van der Waals surface area contributed by atoms with Crippen LogP contribution in [0.1, 0.15) is 21.6 Å². The van der Waals surface area contributed by atoms with Crippen LogP contribution in [0.3, 0.4) is 0 Å². The van der Waals surface area contributed by atoms with Gasteiger partial charge in [0.15, 0.2) is 0 Å². The van der Waals surface area contributed by atoms with Crippen molar-refractivity contribution < 1.29 is 4.79 Å². The third-order valence-corrected chi connectivity index (χ3v) is 4.68. The molecule has 0 aliphatic heterocycles. The first-order valence-corrected chi connectivity index (χ1v) is 9.07. The predicted molar refractivity (Wildman–Crippen MR) is 107 cm³/mol. The molecule has 26 heavy (non-hydrogen) atoms. The van der Waals surface area contributed by atoms with Gasteiger partial charge >= 0.3 is 0 Å². The summed E-state index contributed by atoms with van der Waals surface area (Å²) in [6, 6.07) is 23.2. The van der Waals surface area contributed by atoms with Crippen LogP contribution in [0.4, 0.5) is 5.82 Å². The first-order valence-electron chi connectivity index (χ1n) is 8.27. The Hall–Kier alpha value is -2.92. The van der Waals surface area contributed by atoms with Crippen LogP contribution in [0.15, 0.2) is 83.5 Å². The number of benzene rings is 2. The van der Waals surface area contributed by atoms with Crippen LogP contribution >= 0.6 is 15.9 Å². The molecule has 0 saturated heterocycles. The number of rotatable bonds is 4. The number of anilines is 1. The summed E-state index contributed by atoms with van der Waals surface area (Å²) in [5.41, 5.74) is 3.40. The van der Waals surface area contributed by atoms with E-state index in [0.717, 1.165) is 21.4 Å². The zero-order valence-corrected chi connectivity index (χ0v) is 15.5. The number of fused-ring (bicyclic) bond motifs is 1. The Kier molecular flexibility index (Phi) is 4.54. The van der Waals surface area contributed by atoms with Gasteiger partial charge in [-0.05, 0) is 42.0 Å². The van der Waals surface area contributed by atoms with Crippen LogP contribution in [0.25, 0.3) is 5.65 Å². The van der Waals surface area contributed by atoms with E-state index in [4.69, 9.17) is 4.98 Å². The van der Waals surface area contributed by atoms with Crippen LogP contribution in [0, 0.1) is 0 Å². The number of carbonyl (C=O) groups is 1. The summed E-state index contributed by atoms with van der Waals surface area (Å²) in [4.78, 5) is 17.4. The van der Waals surface area contributed by atoms with Crippen LogP contribution < -0.4 is 5.32 Å². The molecule has 1 amide bonds. The molecule has 4 nitrogen and oxygen atoms in total. The SMILES string of the molecule is O=C(Nc1c(Cc2ccccc2)nc2ccccn12)c1ccc(Br)cc1. The minimum Gasteiger partial charge on any atom is -0.306 e. The Morgan fingerprint density at radius 3 is 2.46 bits per heavy atom. The lowest BCUT2D eigenvalue weighted by molar-refractivity contribution is 0.102. The summed E-state index contributed by atoms with van der Waals surface area (Å²) in [6.07, 6.45) is 2.56. The molecule has 5 heteroatoms. The maximum atomic E-state index is 12.7. The van der Waals surface area contributed by atoms with Gasteiger partial charge in [-0.25, -0.2) is 4.98 Å². The average Bonchev–Trinajstić information content (AvgIpc) is 3.00. The number of nitrogens with zero attached hydrogens (tertiary/aromatic N) is 2. The van der Waals surface area contributed by atoms with Gasteiger partial charge in [-0.15, -0.1) is 0 Å². The number of nitrogens with one attached hydrogen (secondary N) is 1. The molecule has 0 atom stereocenters. The third kappa shape index (κ3) is 3.39. The highest BCUT2D eigenvalue weighted by Crippen LogP contribution is 2.22. The molecule has 0 bridgehead atoms. The maximum Gasteiger partial charge on any atom is 0.256 e. The van der Waals surface area contributed by atoms with Crippen molar-refractivity contribution in [3.05, 3.63) is 100 Å². The zero-order chi connectivity index (χ0) is 17.9. The van der Waals surface area contributed by atoms with Gasteiger partial charge in [0.25, 0.3) is 5.91 Å². The number of hydrogen-bond donors (Lipinski definition) is 1. The Morgan fingerprint density at radius 2 is 1.69 bits per heavy atom. The van der Waals surface area contributed by atoms with Crippen LogP contribution in [-0.2, 0) is 6.42 Å². The van der Waals surface area contributed by atoms with Crippen molar-refractivity contribution in [3.63, 3.8) is 0 Å². The van der Waals surface area contributed by atoms with Gasteiger partial charge in [-0.1, -0.05) is 52.3 Å². The Balaban J connectivity index is 1.71. The monoisotopic (exact) mass is 405 g/mol. The minimum atomic E-state index is -0.155. The summed E-state index contributed by atoms with van der Waals surface area (Å²) >= 11 is 3.39. The summed E-state index contributed by atoms with van der Waals surface area (Å²) in [5, 5.41) is 3.04. The molecule has 0 saturated carbocycles. The van der Waals surface area contributed by atoms with Crippen LogP contribution in [-0.4, -0.2) is 15.3 Å². The fourth-order valence-electron chi connectivity index (χ4n) is 2.87. The Bertz CT molecular complexity index is 1060. The molecule has 2 heterocycles. The van der Waals surface area contributed by atoms with E-state index in [1.54, 1.807) is 12.1 Å². The van der Waals surface area contributed by atoms with Crippen molar-refractivity contribution in [1.29, 1.82) is 0 Å². The summed E-state index contributed by atoms with van der Waals surface area (Å²) < 4.78 is 2.85.